The van der Waals surface area contributed by atoms with Gasteiger partial charge >= 0.3 is 12.2 Å². The van der Waals surface area contributed by atoms with Crippen LogP contribution >= 0.6 is 0 Å². The second kappa shape index (κ2) is 11.4. The number of carbonyl (C=O) groups excluding carboxylic acids is 3. The van der Waals surface area contributed by atoms with Crippen molar-refractivity contribution in [2.24, 2.45) is 5.92 Å². The van der Waals surface area contributed by atoms with E-state index in [4.69, 9.17) is 9.47 Å². The summed E-state index contributed by atoms with van der Waals surface area (Å²) >= 11 is 0. The number of piperidine rings is 1. The predicted octanol–water partition coefficient (Wildman–Crippen LogP) is 3.07. The molecule has 2 rings (SSSR count). The van der Waals surface area contributed by atoms with Gasteiger partial charge in [0.25, 0.3) is 0 Å². The quantitative estimate of drug-likeness (QED) is 0.708. The van der Waals surface area contributed by atoms with E-state index >= 15 is 0 Å². The molecule has 1 aliphatic rings. The second-order valence-corrected chi connectivity index (χ2v) is 8.46. The highest BCUT2D eigenvalue weighted by atomic mass is 16.6. The number of rotatable bonds is 7. The Hall–Kier alpha value is -2.77. The summed E-state index contributed by atoms with van der Waals surface area (Å²) in [5, 5.41) is 5.26. The number of alkyl carbamates (subject to hydrolysis) is 1. The zero-order chi connectivity index (χ0) is 22.0. The van der Waals surface area contributed by atoms with Crippen LogP contribution < -0.4 is 10.6 Å². The predicted molar refractivity (Wildman–Crippen MR) is 113 cm³/mol. The molecule has 3 amide bonds. The maximum absolute atomic E-state index is 12.1. The summed E-state index contributed by atoms with van der Waals surface area (Å²) in [4.78, 5) is 37.4. The van der Waals surface area contributed by atoms with E-state index in [1.165, 1.54) is 0 Å². The minimum absolute atomic E-state index is 0.120. The summed E-state index contributed by atoms with van der Waals surface area (Å²) in [5.41, 5.74) is 0.398. The van der Waals surface area contributed by atoms with Crippen molar-refractivity contribution in [1.82, 2.24) is 15.5 Å². The highest BCUT2D eigenvalue weighted by Gasteiger charge is 2.26. The molecule has 1 saturated heterocycles. The first-order valence-electron chi connectivity index (χ1n) is 10.4. The third kappa shape index (κ3) is 9.15. The lowest BCUT2D eigenvalue weighted by atomic mass is 9.94. The molecule has 1 aromatic rings. The molecule has 0 aromatic heterocycles. The zero-order valence-electron chi connectivity index (χ0n) is 18.1. The van der Waals surface area contributed by atoms with Gasteiger partial charge in [0.1, 0.15) is 12.2 Å². The molecule has 8 heteroatoms. The standard InChI is InChI=1S/C22H33N3O5/c1-22(2,3)30-21(28)25-13-10-17(11-14-25)9-12-23-19(26)15-24-20(27)29-16-18-7-5-4-6-8-18/h4-8,17H,9-16H2,1-3H3,(H,23,26)(H,24,27). The van der Waals surface area contributed by atoms with Gasteiger partial charge in [0.05, 0.1) is 6.54 Å². The van der Waals surface area contributed by atoms with E-state index in [2.05, 4.69) is 10.6 Å². The van der Waals surface area contributed by atoms with Gasteiger partial charge in [-0.25, -0.2) is 9.59 Å². The van der Waals surface area contributed by atoms with E-state index < -0.39 is 11.7 Å². The Morgan fingerprint density at radius 1 is 1.07 bits per heavy atom. The van der Waals surface area contributed by atoms with E-state index in [-0.39, 0.29) is 25.2 Å². The molecule has 8 nitrogen and oxygen atoms in total. The summed E-state index contributed by atoms with van der Waals surface area (Å²) in [6.45, 7) is 7.50. The van der Waals surface area contributed by atoms with Crippen molar-refractivity contribution < 1.29 is 23.9 Å². The molecule has 1 fully saturated rings. The van der Waals surface area contributed by atoms with Crippen LogP contribution in [0.5, 0.6) is 0 Å². The molecule has 0 saturated carbocycles. The molecule has 1 aliphatic heterocycles. The lowest BCUT2D eigenvalue weighted by molar-refractivity contribution is -0.120. The largest absolute Gasteiger partial charge is 0.445 e. The Balaban J connectivity index is 1.54. The van der Waals surface area contributed by atoms with Crippen molar-refractivity contribution in [3.63, 3.8) is 0 Å². The third-order valence-corrected chi connectivity index (χ3v) is 4.75. The first-order valence-corrected chi connectivity index (χ1v) is 10.4. The number of hydrogen-bond donors (Lipinski definition) is 2. The fourth-order valence-corrected chi connectivity index (χ4v) is 3.14. The molecule has 166 valence electrons. The van der Waals surface area contributed by atoms with Crippen LogP contribution in [-0.2, 0) is 20.9 Å². The van der Waals surface area contributed by atoms with Crippen LogP contribution in [0.2, 0.25) is 0 Å². The van der Waals surface area contributed by atoms with Gasteiger partial charge in [-0.15, -0.1) is 0 Å². The number of likely N-dealkylation sites (tertiary alicyclic amines) is 1. The molecule has 0 aliphatic carbocycles. The number of ether oxygens (including phenoxy) is 2. The molecule has 0 atom stereocenters. The molecular weight excluding hydrogens is 386 g/mol. The van der Waals surface area contributed by atoms with E-state index in [0.717, 1.165) is 24.8 Å². The maximum atomic E-state index is 12.1. The van der Waals surface area contributed by atoms with Crippen molar-refractivity contribution in [3.8, 4) is 0 Å². The number of carbonyl (C=O) groups is 3. The third-order valence-electron chi connectivity index (χ3n) is 4.75. The normalized spacial score (nSPS) is 14.7. The van der Waals surface area contributed by atoms with Gasteiger partial charge in [0, 0.05) is 19.6 Å². The second-order valence-electron chi connectivity index (χ2n) is 8.46. The monoisotopic (exact) mass is 419 g/mol. The van der Waals surface area contributed by atoms with Crippen LogP contribution in [0.25, 0.3) is 0 Å². The average molecular weight is 420 g/mol. The Morgan fingerprint density at radius 2 is 1.73 bits per heavy atom. The number of benzene rings is 1. The summed E-state index contributed by atoms with van der Waals surface area (Å²) < 4.78 is 10.5. The summed E-state index contributed by atoms with van der Waals surface area (Å²) in [6, 6.07) is 9.34. The summed E-state index contributed by atoms with van der Waals surface area (Å²) in [7, 11) is 0. The molecule has 30 heavy (non-hydrogen) atoms. The minimum atomic E-state index is -0.622. The van der Waals surface area contributed by atoms with E-state index in [9.17, 15) is 14.4 Å². The van der Waals surface area contributed by atoms with Crippen LogP contribution in [0.1, 0.15) is 45.6 Å². The van der Waals surface area contributed by atoms with Crippen molar-refractivity contribution in [2.45, 2.75) is 52.2 Å². The fourth-order valence-electron chi connectivity index (χ4n) is 3.14. The highest BCUT2D eigenvalue weighted by Crippen LogP contribution is 2.21. The molecule has 0 bridgehead atoms. The Kier molecular flexibility index (Phi) is 8.95. The van der Waals surface area contributed by atoms with Gasteiger partial charge in [0.2, 0.25) is 5.91 Å². The van der Waals surface area contributed by atoms with E-state index in [1.54, 1.807) is 4.90 Å². The van der Waals surface area contributed by atoms with Gasteiger partial charge < -0.3 is 25.0 Å². The number of nitrogens with zero attached hydrogens (tertiary/aromatic N) is 1. The van der Waals surface area contributed by atoms with Gasteiger partial charge in [-0.3, -0.25) is 4.79 Å². The Labute approximate surface area is 178 Å². The van der Waals surface area contributed by atoms with Crippen molar-refractivity contribution >= 4 is 18.1 Å². The number of amides is 3. The molecule has 1 aromatic carbocycles. The topological polar surface area (TPSA) is 97.0 Å². The summed E-state index contributed by atoms with van der Waals surface area (Å²) in [5.74, 6) is 0.200. The summed E-state index contributed by atoms with van der Waals surface area (Å²) in [6.07, 6.45) is 1.73. The smallest absolute Gasteiger partial charge is 0.410 e. The van der Waals surface area contributed by atoms with Crippen LogP contribution in [-0.4, -0.2) is 54.8 Å². The van der Waals surface area contributed by atoms with Gasteiger partial charge in [-0.05, 0) is 51.5 Å². The van der Waals surface area contributed by atoms with Crippen LogP contribution in [0, 0.1) is 5.92 Å². The van der Waals surface area contributed by atoms with Gasteiger partial charge in [-0.2, -0.15) is 0 Å². The SMILES string of the molecule is CC(C)(C)OC(=O)N1CCC(CCNC(=O)CNC(=O)OCc2ccccc2)CC1. The maximum Gasteiger partial charge on any atom is 0.410 e. The molecule has 0 unspecified atom stereocenters. The molecule has 2 N–H and O–H groups in total. The van der Waals surface area contributed by atoms with E-state index in [0.29, 0.717) is 25.6 Å². The first kappa shape index (κ1) is 23.5. The number of hydrogen-bond acceptors (Lipinski definition) is 5. The molecule has 0 spiro atoms. The van der Waals surface area contributed by atoms with Gasteiger partial charge in [0.15, 0.2) is 0 Å². The van der Waals surface area contributed by atoms with Gasteiger partial charge in [-0.1, -0.05) is 30.3 Å². The lowest BCUT2D eigenvalue weighted by Gasteiger charge is -2.33. The number of nitrogens with one attached hydrogen (secondary N) is 2. The lowest BCUT2D eigenvalue weighted by Crippen LogP contribution is -2.42. The van der Waals surface area contributed by atoms with Crippen LogP contribution in [0.15, 0.2) is 30.3 Å². The molecule has 0 radical (unpaired) electrons. The van der Waals surface area contributed by atoms with Crippen molar-refractivity contribution in [2.75, 3.05) is 26.2 Å². The van der Waals surface area contributed by atoms with E-state index in [1.807, 2.05) is 51.1 Å². The molecule has 1 heterocycles. The van der Waals surface area contributed by atoms with Crippen LogP contribution in [0.3, 0.4) is 0 Å². The Morgan fingerprint density at radius 3 is 2.37 bits per heavy atom. The van der Waals surface area contributed by atoms with Crippen molar-refractivity contribution in [1.29, 1.82) is 0 Å². The first-order chi connectivity index (χ1) is 14.2. The average Bonchev–Trinajstić information content (AvgIpc) is 2.70. The van der Waals surface area contributed by atoms with Crippen LogP contribution in [0.4, 0.5) is 9.59 Å². The fraction of sp³-hybridized carbons (Fsp3) is 0.591. The molecular formula is C22H33N3O5. The van der Waals surface area contributed by atoms with Crippen molar-refractivity contribution in [3.05, 3.63) is 35.9 Å². The minimum Gasteiger partial charge on any atom is -0.445 e. The highest BCUT2D eigenvalue weighted by molar-refractivity contribution is 5.82. The Bertz CT molecular complexity index is 694. The zero-order valence-corrected chi connectivity index (χ0v) is 18.1.